The van der Waals surface area contributed by atoms with Gasteiger partial charge in [-0.1, -0.05) is 42.5 Å². The number of halogens is 1. The van der Waals surface area contributed by atoms with Crippen molar-refractivity contribution >= 4 is 18.3 Å². The van der Waals surface area contributed by atoms with Gasteiger partial charge in [0.25, 0.3) is 0 Å². The Morgan fingerprint density at radius 2 is 1.79 bits per heavy atom. The Balaban J connectivity index is 0.00000300. The van der Waals surface area contributed by atoms with E-state index in [-0.39, 0.29) is 36.2 Å². The van der Waals surface area contributed by atoms with Crippen molar-refractivity contribution < 1.29 is 14.3 Å². The fourth-order valence-corrected chi connectivity index (χ4v) is 3.76. The fourth-order valence-electron chi connectivity index (χ4n) is 3.76. The van der Waals surface area contributed by atoms with E-state index in [4.69, 9.17) is 15.2 Å². The van der Waals surface area contributed by atoms with E-state index in [2.05, 4.69) is 17.4 Å². The van der Waals surface area contributed by atoms with Crippen LogP contribution in [0.25, 0.3) is 0 Å². The lowest BCUT2D eigenvalue weighted by atomic mass is 9.74. The van der Waals surface area contributed by atoms with Crippen LogP contribution in [0.1, 0.15) is 43.4 Å². The van der Waals surface area contributed by atoms with Crippen molar-refractivity contribution in [2.45, 2.75) is 37.6 Å². The summed E-state index contributed by atoms with van der Waals surface area (Å²) in [5, 5.41) is 3.13. The van der Waals surface area contributed by atoms with E-state index in [1.807, 2.05) is 49.4 Å². The normalized spacial score (nSPS) is 16.3. The lowest BCUT2D eigenvalue weighted by molar-refractivity contribution is -0.122. The number of rotatable bonds is 8. The van der Waals surface area contributed by atoms with E-state index in [1.165, 1.54) is 5.56 Å². The van der Waals surface area contributed by atoms with Gasteiger partial charge in [0.15, 0.2) is 0 Å². The molecule has 6 heteroatoms. The van der Waals surface area contributed by atoms with Crippen molar-refractivity contribution in [2.75, 3.05) is 26.4 Å². The number of carbonyl (C=O) groups excluding carboxylic acids is 1. The highest BCUT2D eigenvalue weighted by atomic mass is 35.5. The second-order valence-corrected chi connectivity index (χ2v) is 7.35. The number of hydrogen-bond acceptors (Lipinski definition) is 4. The lowest BCUT2D eigenvalue weighted by Crippen LogP contribution is -2.45. The zero-order chi connectivity index (χ0) is 19.8. The van der Waals surface area contributed by atoms with E-state index in [9.17, 15) is 4.79 Å². The quantitative estimate of drug-likeness (QED) is 0.684. The Morgan fingerprint density at radius 3 is 2.41 bits per heavy atom. The molecule has 2 aromatic carbocycles. The van der Waals surface area contributed by atoms with E-state index in [1.54, 1.807) is 0 Å². The molecule has 1 aliphatic rings. The highest BCUT2D eigenvalue weighted by molar-refractivity contribution is 5.85. The number of carbonyl (C=O) groups is 1. The van der Waals surface area contributed by atoms with Gasteiger partial charge < -0.3 is 20.5 Å². The van der Waals surface area contributed by atoms with Crippen LogP contribution >= 0.6 is 12.4 Å². The molecule has 0 bridgehead atoms. The molecule has 1 amide bonds. The van der Waals surface area contributed by atoms with Crippen LogP contribution < -0.4 is 15.8 Å². The molecule has 3 N–H and O–H groups in total. The van der Waals surface area contributed by atoms with Crippen molar-refractivity contribution in [2.24, 2.45) is 5.73 Å². The third-order valence-electron chi connectivity index (χ3n) is 5.48. The van der Waals surface area contributed by atoms with Crippen LogP contribution in [0.2, 0.25) is 0 Å². The predicted octanol–water partition coefficient (Wildman–Crippen LogP) is 3.76. The number of benzene rings is 2. The summed E-state index contributed by atoms with van der Waals surface area (Å²) in [6.07, 6.45) is 2.04. The van der Waals surface area contributed by atoms with E-state index >= 15 is 0 Å². The minimum atomic E-state index is -0.294. The molecule has 0 radical (unpaired) electrons. The molecule has 158 valence electrons. The molecule has 0 saturated carbocycles. The third-order valence-corrected chi connectivity index (χ3v) is 5.48. The summed E-state index contributed by atoms with van der Waals surface area (Å²) in [5.74, 6) is 0.847. The molecule has 0 aromatic heterocycles. The largest absolute Gasteiger partial charge is 0.494 e. The summed E-state index contributed by atoms with van der Waals surface area (Å²) < 4.78 is 11.1. The standard InChI is InChI=1S/C23H30N2O3.ClH/c1-2-28-20-10-8-19(9-11-20)23(12-14-27-15-13-23)17-25-22(26)16-21(24)18-6-4-3-5-7-18;/h3-11,21H,2,12-17,24H2,1H3,(H,25,26);1H. The molecule has 1 atom stereocenters. The molecule has 1 aliphatic heterocycles. The molecule has 5 nitrogen and oxygen atoms in total. The van der Waals surface area contributed by atoms with E-state index in [0.717, 1.165) is 24.2 Å². The average molecular weight is 419 g/mol. The Kier molecular flexibility index (Phi) is 8.96. The highest BCUT2D eigenvalue weighted by Gasteiger charge is 2.35. The van der Waals surface area contributed by atoms with Crippen LogP contribution in [0.4, 0.5) is 0 Å². The number of nitrogens with one attached hydrogen (secondary N) is 1. The summed E-state index contributed by atoms with van der Waals surface area (Å²) in [5.41, 5.74) is 8.28. The molecule has 1 fully saturated rings. The molecule has 29 heavy (non-hydrogen) atoms. The number of amides is 1. The third kappa shape index (κ3) is 6.20. The SMILES string of the molecule is CCOc1ccc(C2(CNC(=O)CC(N)c3ccccc3)CCOCC2)cc1.Cl. The van der Waals surface area contributed by atoms with Gasteiger partial charge in [-0.25, -0.2) is 0 Å². The molecule has 0 spiro atoms. The van der Waals surface area contributed by atoms with Crippen molar-refractivity contribution in [1.82, 2.24) is 5.32 Å². The van der Waals surface area contributed by atoms with E-state index in [0.29, 0.717) is 26.4 Å². The predicted molar refractivity (Wildman–Crippen MR) is 118 cm³/mol. The van der Waals surface area contributed by atoms with E-state index < -0.39 is 0 Å². The first-order valence-electron chi connectivity index (χ1n) is 10.0. The Bertz CT molecular complexity index is 746. The number of nitrogens with two attached hydrogens (primary N) is 1. The second kappa shape index (κ2) is 11.2. The highest BCUT2D eigenvalue weighted by Crippen LogP contribution is 2.35. The van der Waals surface area contributed by atoms with Crippen LogP contribution in [-0.4, -0.2) is 32.3 Å². The maximum atomic E-state index is 12.5. The van der Waals surface area contributed by atoms with Gasteiger partial charge in [0.05, 0.1) is 6.61 Å². The fraction of sp³-hybridized carbons (Fsp3) is 0.435. The Morgan fingerprint density at radius 1 is 1.14 bits per heavy atom. The van der Waals surface area contributed by atoms with Gasteiger partial charge in [0.2, 0.25) is 5.91 Å². The van der Waals surface area contributed by atoms with Crippen molar-refractivity contribution in [3.63, 3.8) is 0 Å². The summed E-state index contributed by atoms with van der Waals surface area (Å²) in [6, 6.07) is 17.7. The summed E-state index contributed by atoms with van der Waals surface area (Å²) in [4.78, 5) is 12.5. The van der Waals surface area contributed by atoms with Crippen molar-refractivity contribution in [1.29, 1.82) is 0 Å². The van der Waals surface area contributed by atoms with Crippen molar-refractivity contribution in [3.05, 3.63) is 65.7 Å². The molecule has 0 aliphatic carbocycles. The molecule has 1 unspecified atom stereocenters. The van der Waals surface area contributed by atoms with Crippen molar-refractivity contribution in [3.8, 4) is 5.75 Å². The lowest BCUT2D eigenvalue weighted by Gasteiger charge is -2.38. The molecular weight excluding hydrogens is 388 g/mol. The Hall–Kier alpha value is -2.08. The summed E-state index contributed by atoms with van der Waals surface area (Å²) in [7, 11) is 0. The van der Waals surface area contributed by atoms with Gasteiger partial charge in [-0.15, -0.1) is 12.4 Å². The smallest absolute Gasteiger partial charge is 0.221 e. The van der Waals surface area contributed by atoms with Gasteiger partial charge in [0.1, 0.15) is 5.75 Å². The van der Waals surface area contributed by atoms with Gasteiger partial charge in [-0.3, -0.25) is 4.79 Å². The first kappa shape index (κ1) is 23.2. The monoisotopic (exact) mass is 418 g/mol. The van der Waals surface area contributed by atoms with Crippen LogP contribution in [0.5, 0.6) is 5.75 Å². The number of hydrogen-bond donors (Lipinski definition) is 2. The first-order chi connectivity index (χ1) is 13.6. The van der Waals surface area contributed by atoms with Crippen LogP contribution in [0, 0.1) is 0 Å². The Labute approximate surface area is 179 Å². The van der Waals surface area contributed by atoms with Crippen LogP contribution in [-0.2, 0) is 14.9 Å². The maximum Gasteiger partial charge on any atom is 0.221 e. The van der Waals surface area contributed by atoms with Crippen LogP contribution in [0.15, 0.2) is 54.6 Å². The number of ether oxygens (including phenoxy) is 2. The minimum absolute atomic E-state index is 0. The van der Waals surface area contributed by atoms with Gasteiger partial charge in [-0.2, -0.15) is 0 Å². The second-order valence-electron chi connectivity index (χ2n) is 7.35. The molecular formula is C23H31ClN2O3. The molecule has 3 rings (SSSR count). The summed E-state index contributed by atoms with van der Waals surface area (Å²) >= 11 is 0. The average Bonchev–Trinajstić information content (AvgIpc) is 2.74. The van der Waals surface area contributed by atoms with Gasteiger partial charge >= 0.3 is 0 Å². The summed E-state index contributed by atoms with van der Waals surface area (Å²) in [6.45, 7) is 4.61. The first-order valence-corrected chi connectivity index (χ1v) is 10.0. The van der Waals surface area contributed by atoms with Gasteiger partial charge in [0, 0.05) is 37.6 Å². The topological polar surface area (TPSA) is 73.6 Å². The minimum Gasteiger partial charge on any atom is -0.494 e. The molecule has 1 saturated heterocycles. The molecule has 1 heterocycles. The maximum absolute atomic E-state index is 12.5. The molecule has 2 aromatic rings. The zero-order valence-corrected chi connectivity index (χ0v) is 17.8. The zero-order valence-electron chi connectivity index (χ0n) is 16.9. The van der Waals surface area contributed by atoms with Crippen LogP contribution in [0.3, 0.4) is 0 Å². The van der Waals surface area contributed by atoms with Gasteiger partial charge in [-0.05, 0) is 43.0 Å².